The number of amides is 1. The van der Waals surface area contributed by atoms with Gasteiger partial charge >= 0.3 is 0 Å². The van der Waals surface area contributed by atoms with Crippen LogP contribution < -0.4 is 10.6 Å². The standard InChI is InChI=1S/C21H19N5O2/c1-28-12-19(15-5-3-2-4-6-15)25-21-24-18(20(27)26-21)10-14-7-8-17-16(9-14)11-22-13-23-17/h2-11,13,19H,12H2,1H3,(H2,24,25,26,27)/b18-10-/t19-/m0/s1. The molecule has 0 radical (unpaired) electrons. The first kappa shape index (κ1) is 17.8. The fraction of sp³-hybridized carbons (Fsp3) is 0.143. The lowest BCUT2D eigenvalue weighted by molar-refractivity contribution is -0.115. The van der Waals surface area contributed by atoms with Gasteiger partial charge in [0, 0.05) is 18.7 Å². The molecule has 0 unspecified atom stereocenters. The van der Waals surface area contributed by atoms with Gasteiger partial charge in [0.25, 0.3) is 5.91 Å². The number of methoxy groups -OCH3 is 1. The number of carbonyl (C=O) groups is 1. The zero-order valence-corrected chi connectivity index (χ0v) is 15.3. The third-order valence-electron chi connectivity index (χ3n) is 4.36. The van der Waals surface area contributed by atoms with E-state index < -0.39 is 0 Å². The van der Waals surface area contributed by atoms with Crippen molar-refractivity contribution in [1.29, 1.82) is 0 Å². The van der Waals surface area contributed by atoms with Crippen LogP contribution in [0.2, 0.25) is 0 Å². The van der Waals surface area contributed by atoms with Gasteiger partial charge in [0.05, 0.1) is 12.1 Å². The maximum Gasteiger partial charge on any atom is 0.274 e. The summed E-state index contributed by atoms with van der Waals surface area (Å²) in [7, 11) is 1.63. The lowest BCUT2D eigenvalue weighted by Gasteiger charge is -2.12. The maximum atomic E-state index is 12.3. The summed E-state index contributed by atoms with van der Waals surface area (Å²) in [4.78, 5) is 25.2. The highest BCUT2D eigenvalue weighted by Gasteiger charge is 2.23. The topological polar surface area (TPSA) is 88.5 Å². The van der Waals surface area contributed by atoms with E-state index >= 15 is 0 Å². The molecular formula is C21H19N5O2. The summed E-state index contributed by atoms with van der Waals surface area (Å²) in [6.45, 7) is 0.411. The summed E-state index contributed by atoms with van der Waals surface area (Å²) in [5.74, 6) is 0.179. The number of benzene rings is 2. The first-order chi connectivity index (χ1) is 13.7. The van der Waals surface area contributed by atoms with E-state index in [0.29, 0.717) is 18.3 Å². The fourth-order valence-electron chi connectivity index (χ4n) is 3.01. The number of carbonyl (C=O) groups excluding carboxylic acids is 1. The predicted molar refractivity (Wildman–Crippen MR) is 107 cm³/mol. The Bertz CT molecular complexity index is 1060. The highest BCUT2D eigenvalue weighted by Crippen LogP contribution is 2.19. The molecule has 28 heavy (non-hydrogen) atoms. The summed E-state index contributed by atoms with van der Waals surface area (Å²) < 4.78 is 5.28. The molecule has 1 aromatic heterocycles. The van der Waals surface area contributed by atoms with Gasteiger partial charge in [-0.15, -0.1) is 0 Å². The normalized spacial score (nSPS) is 17.7. The number of aliphatic imine (C=N–C) groups is 1. The van der Waals surface area contributed by atoms with Crippen LogP contribution in [0.5, 0.6) is 0 Å². The van der Waals surface area contributed by atoms with Crippen LogP contribution in [0, 0.1) is 0 Å². The smallest absolute Gasteiger partial charge is 0.274 e. The van der Waals surface area contributed by atoms with Crippen LogP contribution in [-0.4, -0.2) is 35.6 Å². The summed E-state index contributed by atoms with van der Waals surface area (Å²) in [5, 5.41) is 6.74. The lowest BCUT2D eigenvalue weighted by Crippen LogP contribution is -2.26. The van der Waals surface area contributed by atoms with Gasteiger partial charge in [-0.05, 0) is 29.3 Å². The van der Waals surface area contributed by atoms with Gasteiger partial charge in [-0.1, -0.05) is 36.4 Å². The minimum absolute atomic E-state index is 0.217. The van der Waals surface area contributed by atoms with Gasteiger partial charge in [0.1, 0.15) is 18.1 Å². The predicted octanol–water partition coefficient (Wildman–Crippen LogP) is 2.43. The zero-order chi connectivity index (χ0) is 19.3. The molecule has 1 aliphatic heterocycles. The van der Waals surface area contributed by atoms with E-state index in [1.165, 1.54) is 6.33 Å². The Kier molecular flexibility index (Phi) is 5.07. The van der Waals surface area contributed by atoms with E-state index in [4.69, 9.17) is 4.74 Å². The Labute approximate surface area is 162 Å². The van der Waals surface area contributed by atoms with Gasteiger partial charge in [-0.3, -0.25) is 10.1 Å². The van der Waals surface area contributed by atoms with Crippen molar-refractivity contribution in [3.05, 3.63) is 77.9 Å². The van der Waals surface area contributed by atoms with Crippen LogP contribution in [0.25, 0.3) is 17.0 Å². The quantitative estimate of drug-likeness (QED) is 0.671. The molecule has 3 aromatic rings. The molecule has 1 amide bonds. The van der Waals surface area contributed by atoms with Crippen molar-refractivity contribution < 1.29 is 9.53 Å². The summed E-state index contributed by atoms with van der Waals surface area (Å²) in [6.07, 6.45) is 5.03. The second kappa shape index (κ2) is 7.98. The maximum absolute atomic E-state index is 12.3. The van der Waals surface area contributed by atoms with Crippen LogP contribution in [0.4, 0.5) is 0 Å². The van der Waals surface area contributed by atoms with E-state index in [0.717, 1.165) is 22.0 Å². The third kappa shape index (κ3) is 3.89. The molecule has 7 heteroatoms. The molecule has 0 bridgehead atoms. The molecule has 0 aliphatic carbocycles. The number of hydrogen-bond donors (Lipinski definition) is 2. The number of nitrogens with one attached hydrogen (secondary N) is 2. The number of fused-ring (bicyclic) bond motifs is 1. The van der Waals surface area contributed by atoms with Crippen molar-refractivity contribution >= 4 is 28.8 Å². The van der Waals surface area contributed by atoms with Crippen molar-refractivity contribution in [3.8, 4) is 0 Å². The highest BCUT2D eigenvalue weighted by atomic mass is 16.5. The van der Waals surface area contributed by atoms with E-state index in [-0.39, 0.29) is 11.9 Å². The van der Waals surface area contributed by atoms with Crippen molar-refractivity contribution in [1.82, 2.24) is 20.6 Å². The van der Waals surface area contributed by atoms with Gasteiger partial charge in [0.15, 0.2) is 0 Å². The lowest BCUT2D eigenvalue weighted by atomic mass is 10.1. The Morgan fingerprint density at radius 3 is 2.86 bits per heavy atom. The SMILES string of the molecule is COC[C@H](N=C1NC(=O)/C(=C/c2ccc3ncncc3c2)N1)c1ccccc1. The molecule has 7 nitrogen and oxygen atoms in total. The number of hydrogen-bond acceptors (Lipinski definition) is 5. The van der Waals surface area contributed by atoms with Gasteiger partial charge in [-0.2, -0.15) is 0 Å². The van der Waals surface area contributed by atoms with Crippen LogP contribution in [0.1, 0.15) is 17.2 Å². The monoisotopic (exact) mass is 373 g/mol. The van der Waals surface area contributed by atoms with Crippen molar-refractivity contribution in [2.45, 2.75) is 6.04 Å². The van der Waals surface area contributed by atoms with E-state index in [1.54, 1.807) is 19.4 Å². The van der Waals surface area contributed by atoms with E-state index in [1.807, 2.05) is 48.5 Å². The van der Waals surface area contributed by atoms with E-state index in [9.17, 15) is 4.79 Å². The summed E-state index contributed by atoms with van der Waals surface area (Å²) in [5.41, 5.74) is 3.17. The number of nitrogens with zero attached hydrogens (tertiary/aromatic N) is 3. The molecule has 4 rings (SSSR count). The Hall–Kier alpha value is -3.58. The number of rotatable bonds is 5. The molecule has 2 aromatic carbocycles. The van der Waals surface area contributed by atoms with Crippen LogP contribution in [0.15, 0.2) is 71.7 Å². The van der Waals surface area contributed by atoms with Crippen LogP contribution in [0.3, 0.4) is 0 Å². The molecule has 1 aliphatic rings. The molecule has 0 spiro atoms. The zero-order valence-electron chi connectivity index (χ0n) is 15.3. The van der Waals surface area contributed by atoms with Crippen LogP contribution in [-0.2, 0) is 9.53 Å². The first-order valence-corrected chi connectivity index (χ1v) is 8.84. The Morgan fingerprint density at radius 2 is 2.04 bits per heavy atom. The Balaban J connectivity index is 1.58. The molecular weight excluding hydrogens is 354 g/mol. The first-order valence-electron chi connectivity index (χ1n) is 8.84. The van der Waals surface area contributed by atoms with Crippen LogP contribution >= 0.6 is 0 Å². The van der Waals surface area contributed by atoms with Crippen molar-refractivity contribution in [2.75, 3.05) is 13.7 Å². The molecule has 1 fully saturated rings. The third-order valence-corrected chi connectivity index (χ3v) is 4.36. The second-order valence-electron chi connectivity index (χ2n) is 6.34. The molecule has 140 valence electrons. The van der Waals surface area contributed by atoms with Gasteiger partial charge < -0.3 is 10.1 Å². The van der Waals surface area contributed by atoms with Gasteiger partial charge in [-0.25, -0.2) is 15.0 Å². The molecule has 0 saturated carbocycles. The molecule has 1 atom stereocenters. The Morgan fingerprint density at radius 1 is 1.18 bits per heavy atom. The van der Waals surface area contributed by atoms with Crippen molar-refractivity contribution in [3.63, 3.8) is 0 Å². The van der Waals surface area contributed by atoms with E-state index in [2.05, 4.69) is 25.6 Å². The minimum atomic E-state index is -0.229. The average Bonchev–Trinajstić information content (AvgIpc) is 3.07. The molecule has 1 saturated heterocycles. The summed E-state index contributed by atoms with van der Waals surface area (Å²) >= 11 is 0. The van der Waals surface area contributed by atoms with Crippen molar-refractivity contribution in [2.24, 2.45) is 4.99 Å². The minimum Gasteiger partial charge on any atom is -0.382 e. The summed E-state index contributed by atoms with van der Waals surface area (Å²) in [6, 6.07) is 15.3. The molecule has 2 N–H and O–H groups in total. The number of guanidine groups is 1. The largest absolute Gasteiger partial charge is 0.382 e. The number of ether oxygens (including phenoxy) is 1. The highest BCUT2D eigenvalue weighted by molar-refractivity contribution is 6.15. The average molecular weight is 373 g/mol. The van der Waals surface area contributed by atoms with Gasteiger partial charge in [0.2, 0.25) is 5.96 Å². The second-order valence-corrected chi connectivity index (χ2v) is 6.34. The fourth-order valence-corrected chi connectivity index (χ4v) is 3.01. The number of aromatic nitrogens is 2. The molecule has 2 heterocycles.